The summed E-state index contributed by atoms with van der Waals surface area (Å²) in [5.41, 5.74) is 7.35. The number of benzene rings is 1. The third-order valence-electron chi connectivity index (χ3n) is 4.73. The molecule has 0 bridgehead atoms. The Morgan fingerprint density at radius 2 is 2.19 bits per heavy atom. The third-order valence-corrected chi connectivity index (χ3v) is 5.94. The predicted octanol–water partition coefficient (Wildman–Crippen LogP) is 3.75. The van der Waals surface area contributed by atoms with Crippen molar-refractivity contribution in [2.45, 2.75) is 43.9 Å². The Kier molecular flexibility index (Phi) is 5.23. The number of fused-ring (bicyclic) bond motifs is 1. The first-order chi connectivity index (χ1) is 10.2. The molecule has 1 saturated heterocycles. The average Bonchev–Trinajstić information content (AvgIpc) is 2.52. The molecule has 1 aliphatic carbocycles. The Bertz CT molecular complexity index is 497. The lowest BCUT2D eigenvalue weighted by Crippen LogP contribution is -2.54. The van der Waals surface area contributed by atoms with E-state index >= 15 is 0 Å². The molecule has 3 rings (SSSR count). The van der Waals surface area contributed by atoms with E-state index < -0.39 is 0 Å². The van der Waals surface area contributed by atoms with Crippen molar-refractivity contribution in [2.24, 2.45) is 5.73 Å². The molecule has 0 radical (unpaired) electrons. The van der Waals surface area contributed by atoms with E-state index in [0.29, 0.717) is 18.7 Å². The lowest BCUT2D eigenvalue weighted by atomic mass is 9.88. The van der Waals surface area contributed by atoms with Crippen LogP contribution in [0.25, 0.3) is 0 Å². The van der Waals surface area contributed by atoms with Gasteiger partial charge in [0.15, 0.2) is 0 Å². The van der Waals surface area contributed by atoms with E-state index in [9.17, 15) is 0 Å². The summed E-state index contributed by atoms with van der Waals surface area (Å²) in [6.07, 6.45) is 5.37. The second kappa shape index (κ2) is 6.97. The summed E-state index contributed by atoms with van der Waals surface area (Å²) in [6, 6.07) is 6.90. The second-order valence-corrected chi connectivity index (χ2v) is 7.19. The van der Waals surface area contributed by atoms with Gasteiger partial charge in [-0.05, 0) is 46.5 Å². The fourth-order valence-corrected chi connectivity index (χ4v) is 4.21. The minimum atomic E-state index is 0.244. The number of morpholine rings is 1. The van der Waals surface area contributed by atoms with Gasteiger partial charge in [-0.2, -0.15) is 0 Å². The topological polar surface area (TPSA) is 38.5 Å². The van der Waals surface area contributed by atoms with Crippen LogP contribution < -0.4 is 5.73 Å². The van der Waals surface area contributed by atoms with Crippen LogP contribution in [0.5, 0.6) is 0 Å². The minimum absolute atomic E-state index is 0.244. The molecule has 1 aromatic carbocycles. The molecule has 3 atom stereocenters. The van der Waals surface area contributed by atoms with Gasteiger partial charge in [0.1, 0.15) is 0 Å². The Morgan fingerprint density at radius 3 is 2.95 bits per heavy atom. The maximum Gasteiger partial charge on any atom is 0.0731 e. The van der Waals surface area contributed by atoms with Crippen LogP contribution in [0.15, 0.2) is 22.7 Å². The number of halogens is 2. The zero-order chi connectivity index (χ0) is 14.8. The highest BCUT2D eigenvalue weighted by Gasteiger charge is 2.37. The van der Waals surface area contributed by atoms with Crippen molar-refractivity contribution in [2.75, 3.05) is 19.7 Å². The van der Waals surface area contributed by atoms with E-state index in [4.69, 9.17) is 22.1 Å². The monoisotopic (exact) mass is 372 g/mol. The van der Waals surface area contributed by atoms with Gasteiger partial charge in [0.25, 0.3) is 0 Å². The van der Waals surface area contributed by atoms with Crippen LogP contribution >= 0.6 is 27.5 Å². The Labute approximate surface area is 139 Å². The number of nitrogens with zero attached hydrogens (tertiary/aromatic N) is 1. The molecule has 1 aromatic rings. The van der Waals surface area contributed by atoms with Crippen LogP contribution in [-0.2, 0) is 4.74 Å². The fraction of sp³-hybridized carbons (Fsp3) is 0.625. The van der Waals surface area contributed by atoms with Crippen LogP contribution in [-0.4, -0.2) is 36.7 Å². The first-order valence-electron chi connectivity index (χ1n) is 7.73. The van der Waals surface area contributed by atoms with Gasteiger partial charge in [-0.1, -0.05) is 30.5 Å². The van der Waals surface area contributed by atoms with Gasteiger partial charge in [-0.15, -0.1) is 0 Å². The van der Waals surface area contributed by atoms with Crippen molar-refractivity contribution in [3.63, 3.8) is 0 Å². The van der Waals surface area contributed by atoms with Crippen LogP contribution in [0.1, 0.15) is 37.3 Å². The van der Waals surface area contributed by atoms with Gasteiger partial charge in [0.2, 0.25) is 0 Å². The molecule has 116 valence electrons. The van der Waals surface area contributed by atoms with Crippen molar-refractivity contribution in [3.8, 4) is 0 Å². The predicted molar refractivity (Wildman–Crippen MR) is 89.6 cm³/mol. The first kappa shape index (κ1) is 15.8. The molecular weight excluding hydrogens is 352 g/mol. The molecule has 0 aromatic heterocycles. The van der Waals surface area contributed by atoms with Crippen molar-refractivity contribution in [1.82, 2.24) is 4.90 Å². The molecule has 21 heavy (non-hydrogen) atoms. The summed E-state index contributed by atoms with van der Waals surface area (Å²) in [7, 11) is 0. The van der Waals surface area contributed by atoms with Crippen molar-refractivity contribution < 1.29 is 4.74 Å². The van der Waals surface area contributed by atoms with E-state index in [1.807, 2.05) is 6.07 Å². The summed E-state index contributed by atoms with van der Waals surface area (Å²) in [5.74, 6) is 0. The lowest BCUT2D eigenvalue weighted by Gasteiger charge is -2.47. The molecular formula is C16H22BrClN2O. The quantitative estimate of drug-likeness (QED) is 0.877. The highest BCUT2D eigenvalue weighted by Crippen LogP contribution is 2.35. The maximum absolute atomic E-state index is 6.11. The van der Waals surface area contributed by atoms with E-state index in [-0.39, 0.29) is 6.04 Å². The lowest BCUT2D eigenvalue weighted by molar-refractivity contribution is -0.102. The highest BCUT2D eigenvalue weighted by molar-refractivity contribution is 9.10. The van der Waals surface area contributed by atoms with Crippen molar-refractivity contribution in [3.05, 3.63) is 33.3 Å². The summed E-state index contributed by atoms with van der Waals surface area (Å²) in [4.78, 5) is 2.56. The van der Waals surface area contributed by atoms with Gasteiger partial charge < -0.3 is 10.5 Å². The Balaban J connectivity index is 1.85. The number of hydrogen-bond donors (Lipinski definition) is 1. The molecule has 1 aliphatic heterocycles. The summed E-state index contributed by atoms with van der Waals surface area (Å²) in [5, 5.41) is 0.743. The summed E-state index contributed by atoms with van der Waals surface area (Å²) in [6.45, 7) is 2.40. The zero-order valence-corrected chi connectivity index (χ0v) is 14.4. The smallest absolute Gasteiger partial charge is 0.0731 e. The van der Waals surface area contributed by atoms with Crippen LogP contribution in [0, 0.1) is 0 Å². The zero-order valence-electron chi connectivity index (χ0n) is 12.1. The van der Waals surface area contributed by atoms with Gasteiger partial charge in [-0.3, -0.25) is 4.90 Å². The third kappa shape index (κ3) is 3.30. The molecule has 5 heteroatoms. The van der Waals surface area contributed by atoms with Crippen molar-refractivity contribution in [1.29, 1.82) is 0 Å². The second-order valence-electron chi connectivity index (χ2n) is 5.92. The Morgan fingerprint density at radius 1 is 1.38 bits per heavy atom. The molecule has 3 nitrogen and oxygen atoms in total. The van der Waals surface area contributed by atoms with Crippen molar-refractivity contribution >= 4 is 27.5 Å². The molecule has 2 aliphatic rings. The van der Waals surface area contributed by atoms with Gasteiger partial charge in [0.05, 0.1) is 17.7 Å². The number of hydrogen-bond acceptors (Lipinski definition) is 3. The highest BCUT2D eigenvalue weighted by atomic mass is 79.9. The Hall–Kier alpha value is -0.130. The van der Waals surface area contributed by atoms with Gasteiger partial charge >= 0.3 is 0 Å². The SMILES string of the molecule is NCC(c1ccc(Cl)c(Br)c1)N1CCOC2CCCCC21. The van der Waals surface area contributed by atoms with Crippen LogP contribution in [0.3, 0.4) is 0 Å². The molecule has 0 spiro atoms. The summed E-state index contributed by atoms with van der Waals surface area (Å²) < 4.78 is 6.91. The summed E-state index contributed by atoms with van der Waals surface area (Å²) >= 11 is 9.63. The minimum Gasteiger partial charge on any atom is -0.375 e. The van der Waals surface area contributed by atoms with E-state index in [2.05, 4.69) is 33.0 Å². The van der Waals surface area contributed by atoms with Gasteiger partial charge in [0, 0.05) is 29.6 Å². The first-order valence-corrected chi connectivity index (χ1v) is 8.90. The largest absolute Gasteiger partial charge is 0.375 e. The number of nitrogens with two attached hydrogens (primary N) is 1. The molecule has 3 unspecified atom stereocenters. The maximum atomic E-state index is 6.11. The molecule has 2 N–H and O–H groups in total. The normalized spacial score (nSPS) is 28.1. The molecule has 1 saturated carbocycles. The number of rotatable bonds is 3. The van der Waals surface area contributed by atoms with Crippen LogP contribution in [0.4, 0.5) is 0 Å². The van der Waals surface area contributed by atoms with E-state index in [1.54, 1.807) is 0 Å². The molecule has 0 amide bonds. The molecule has 2 fully saturated rings. The molecule has 1 heterocycles. The van der Waals surface area contributed by atoms with E-state index in [0.717, 1.165) is 22.6 Å². The van der Waals surface area contributed by atoms with Gasteiger partial charge in [-0.25, -0.2) is 0 Å². The average molecular weight is 374 g/mol. The van der Waals surface area contributed by atoms with Crippen LogP contribution in [0.2, 0.25) is 5.02 Å². The fourth-order valence-electron chi connectivity index (χ4n) is 3.70. The van der Waals surface area contributed by atoms with E-state index in [1.165, 1.54) is 31.2 Å². The number of ether oxygens (including phenoxy) is 1. The standard InChI is InChI=1S/C16H22BrClN2O/c17-12-9-11(5-6-13(12)18)15(10-19)20-7-8-21-16-4-2-1-3-14(16)20/h5-6,9,14-16H,1-4,7-8,10,19H2.